The van der Waals surface area contributed by atoms with E-state index in [1.807, 2.05) is 27.9 Å². The fourth-order valence-corrected chi connectivity index (χ4v) is 1.58. The highest BCUT2D eigenvalue weighted by molar-refractivity contribution is 5.93. The van der Waals surface area contributed by atoms with Gasteiger partial charge in [0.25, 0.3) is 5.91 Å². The third-order valence-electron chi connectivity index (χ3n) is 2.93. The number of amides is 1. The van der Waals surface area contributed by atoms with Crippen molar-refractivity contribution in [1.82, 2.24) is 20.2 Å². The van der Waals surface area contributed by atoms with Gasteiger partial charge in [-0.2, -0.15) is 0 Å². The fraction of sp³-hybridized carbons (Fsp3) is 0.643. The molecule has 6 heteroatoms. The van der Waals surface area contributed by atoms with Crippen molar-refractivity contribution in [3.05, 3.63) is 17.6 Å². The first-order valence-electron chi connectivity index (χ1n) is 6.97. The smallest absolute Gasteiger partial charge is 0.270 e. The molecule has 0 bridgehead atoms. The summed E-state index contributed by atoms with van der Waals surface area (Å²) in [5.74, 6) is 1.13. The molecule has 1 unspecified atom stereocenters. The average Bonchev–Trinajstić information content (AvgIpc) is 2.37. The van der Waals surface area contributed by atoms with Gasteiger partial charge >= 0.3 is 0 Å². The number of likely N-dealkylation sites (N-methyl/N-ethyl adjacent to an activating group) is 1. The van der Waals surface area contributed by atoms with Crippen LogP contribution in [0.3, 0.4) is 0 Å². The van der Waals surface area contributed by atoms with E-state index in [1.165, 1.54) is 0 Å². The zero-order valence-corrected chi connectivity index (χ0v) is 13.0. The Morgan fingerprint density at radius 1 is 1.40 bits per heavy atom. The first kappa shape index (κ1) is 16.4. The highest BCUT2D eigenvalue weighted by Gasteiger charge is 2.12. The maximum absolute atomic E-state index is 12.1. The van der Waals surface area contributed by atoms with Crippen molar-refractivity contribution in [3.63, 3.8) is 0 Å². The molecule has 20 heavy (non-hydrogen) atoms. The molecule has 0 radical (unpaired) electrons. The number of aromatic nitrogens is 2. The average molecular weight is 279 g/mol. The number of anilines is 1. The van der Waals surface area contributed by atoms with Crippen molar-refractivity contribution in [2.24, 2.45) is 0 Å². The van der Waals surface area contributed by atoms with Gasteiger partial charge in [0.2, 0.25) is 0 Å². The van der Waals surface area contributed by atoms with E-state index >= 15 is 0 Å². The third kappa shape index (κ3) is 5.52. The second-order valence-electron chi connectivity index (χ2n) is 5.20. The summed E-state index contributed by atoms with van der Waals surface area (Å²) in [7, 11) is 4.02. The minimum absolute atomic E-state index is 0.142. The molecule has 0 aliphatic heterocycles. The highest BCUT2D eigenvalue weighted by Crippen LogP contribution is 2.07. The lowest BCUT2D eigenvalue weighted by atomic mass is 10.2. The zero-order chi connectivity index (χ0) is 15.1. The summed E-state index contributed by atoms with van der Waals surface area (Å²) in [6.45, 7) is 7.47. The molecule has 6 nitrogen and oxygen atoms in total. The maximum Gasteiger partial charge on any atom is 0.270 e. The molecule has 1 rings (SSSR count). The van der Waals surface area contributed by atoms with Crippen molar-refractivity contribution in [2.45, 2.75) is 33.2 Å². The molecule has 0 spiro atoms. The maximum atomic E-state index is 12.1. The number of carbonyl (C=O) groups is 1. The van der Waals surface area contributed by atoms with Gasteiger partial charge in [-0.3, -0.25) is 4.79 Å². The summed E-state index contributed by atoms with van der Waals surface area (Å²) in [6, 6.07) is 1.84. The Kier molecular flexibility index (Phi) is 6.38. The minimum atomic E-state index is -0.152. The van der Waals surface area contributed by atoms with Crippen LogP contribution in [0.1, 0.15) is 36.6 Å². The van der Waals surface area contributed by atoms with E-state index in [9.17, 15) is 4.79 Å². The van der Waals surface area contributed by atoms with Crippen LogP contribution >= 0.6 is 0 Å². The van der Waals surface area contributed by atoms with E-state index in [4.69, 9.17) is 0 Å². The van der Waals surface area contributed by atoms with Crippen LogP contribution in [0, 0.1) is 6.92 Å². The molecule has 0 aliphatic carbocycles. The summed E-state index contributed by atoms with van der Waals surface area (Å²) in [4.78, 5) is 22.6. The number of hydrogen-bond donors (Lipinski definition) is 2. The molecule has 1 amide bonds. The predicted molar refractivity (Wildman–Crippen MR) is 81.0 cm³/mol. The van der Waals surface area contributed by atoms with Crippen molar-refractivity contribution in [1.29, 1.82) is 0 Å². The molecule has 0 aliphatic rings. The van der Waals surface area contributed by atoms with Crippen LogP contribution in [0.25, 0.3) is 0 Å². The molecule has 1 atom stereocenters. The number of nitrogens with one attached hydrogen (secondary N) is 2. The minimum Gasteiger partial charge on any atom is -0.369 e. The second kappa shape index (κ2) is 7.79. The zero-order valence-electron chi connectivity index (χ0n) is 13.0. The molecule has 0 fully saturated rings. The Morgan fingerprint density at radius 3 is 2.70 bits per heavy atom. The Hall–Kier alpha value is -1.69. The summed E-state index contributed by atoms with van der Waals surface area (Å²) in [5.41, 5.74) is 0.408. The van der Waals surface area contributed by atoms with Gasteiger partial charge in [-0.1, -0.05) is 6.92 Å². The standard InChI is InChI=1S/C14H25N5O/c1-6-10(2)16-14(20)12-9-13(18-11(3)17-12)15-7-8-19(4)5/h9-10H,6-8H2,1-5H3,(H,16,20)(H,15,17,18). The van der Waals surface area contributed by atoms with Gasteiger partial charge in [-0.05, 0) is 34.4 Å². The third-order valence-corrected chi connectivity index (χ3v) is 2.93. The predicted octanol–water partition coefficient (Wildman–Crippen LogP) is 1.29. The molecule has 0 aromatic carbocycles. The summed E-state index contributed by atoms with van der Waals surface area (Å²) < 4.78 is 0. The summed E-state index contributed by atoms with van der Waals surface area (Å²) >= 11 is 0. The van der Waals surface area contributed by atoms with E-state index in [0.29, 0.717) is 17.3 Å². The van der Waals surface area contributed by atoms with Gasteiger partial charge in [0, 0.05) is 25.2 Å². The number of nitrogens with zero attached hydrogens (tertiary/aromatic N) is 3. The molecular formula is C14H25N5O. The van der Waals surface area contributed by atoms with Crippen LogP contribution in [0.2, 0.25) is 0 Å². The monoisotopic (exact) mass is 279 g/mol. The van der Waals surface area contributed by atoms with Crippen LogP contribution in [-0.4, -0.2) is 54.0 Å². The number of rotatable bonds is 7. The number of aryl methyl sites for hydroxylation is 1. The van der Waals surface area contributed by atoms with Crippen molar-refractivity contribution in [2.75, 3.05) is 32.5 Å². The fourth-order valence-electron chi connectivity index (χ4n) is 1.58. The van der Waals surface area contributed by atoms with Crippen LogP contribution in [0.4, 0.5) is 5.82 Å². The van der Waals surface area contributed by atoms with Crippen LogP contribution in [0.5, 0.6) is 0 Å². The molecular weight excluding hydrogens is 254 g/mol. The quantitative estimate of drug-likeness (QED) is 0.787. The van der Waals surface area contributed by atoms with E-state index in [1.54, 1.807) is 13.0 Å². The van der Waals surface area contributed by atoms with Crippen LogP contribution < -0.4 is 10.6 Å². The first-order valence-corrected chi connectivity index (χ1v) is 6.97. The lowest BCUT2D eigenvalue weighted by Crippen LogP contribution is -2.32. The SMILES string of the molecule is CCC(C)NC(=O)c1cc(NCCN(C)C)nc(C)n1. The highest BCUT2D eigenvalue weighted by atomic mass is 16.1. The summed E-state index contributed by atoms with van der Waals surface area (Å²) in [6.07, 6.45) is 0.893. The molecule has 1 heterocycles. The first-order chi connectivity index (χ1) is 9.42. The van der Waals surface area contributed by atoms with Crippen molar-refractivity contribution in [3.8, 4) is 0 Å². The largest absolute Gasteiger partial charge is 0.369 e. The molecule has 2 N–H and O–H groups in total. The van der Waals surface area contributed by atoms with Gasteiger partial charge in [-0.15, -0.1) is 0 Å². The van der Waals surface area contributed by atoms with Crippen LogP contribution in [0.15, 0.2) is 6.07 Å². The normalized spacial score (nSPS) is 12.3. The Morgan fingerprint density at radius 2 is 2.10 bits per heavy atom. The molecule has 0 saturated heterocycles. The lowest BCUT2D eigenvalue weighted by Gasteiger charge is -2.13. The van der Waals surface area contributed by atoms with E-state index in [0.717, 1.165) is 19.5 Å². The van der Waals surface area contributed by atoms with Crippen LogP contribution in [-0.2, 0) is 0 Å². The van der Waals surface area contributed by atoms with Gasteiger partial charge in [0.15, 0.2) is 0 Å². The van der Waals surface area contributed by atoms with E-state index < -0.39 is 0 Å². The molecule has 112 valence electrons. The molecule has 1 aromatic rings. The van der Waals surface area contributed by atoms with Gasteiger partial charge in [0.1, 0.15) is 17.3 Å². The number of hydrogen-bond acceptors (Lipinski definition) is 5. The number of carbonyl (C=O) groups excluding carboxylic acids is 1. The van der Waals surface area contributed by atoms with Crippen molar-refractivity contribution >= 4 is 11.7 Å². The lowest BCUT2D eigenvalue weighted by molar-refractivity contribution is 0.0934. The van der Waals surface area contributed by atoms with E-state index in [-0.39, 0.29) is 11.9 Å². The Bertz CT molecular complexity index is 447. The van der Waals surface area contributed by atoms with Crippen molar-refractivity contribution < 1.29 is 4.79 Å². The molecule has 0 saturated carbocycles. The Labute approximate surface area is 121 Å². The topological polar surface area (TPSA) is 70.2 Å². The van der Waals surface area contributed by atoms with Gasteiger partial charge < -0.3 is 15.5 Å². The Balaban J connectivity index is 2.72. The molecule has 1 aromatic heterocycles. The van der Waals surface area contributed by atoms with Gasteiger partial charge in [0.05, 0.1) is 0 Å². The summed E-state index contributed by atoms with van der Waals surface area (Å²) in [5, 5.41) is 6.12. The van der Waals surface area contributed by atoms with Gasteiger partial charge in [-0.25, -0.2) is 9.97 Å². The van der Waals surface area contributed by atoms with E-state index in [2.05, 4.69) is 25.5 Å². The second-order valence-corrected chi connectivity index (χ2v) is 5.20.